The van der Waals surface area contributed by atoms with Crippen LogP contribution in [0.4, 0.5) is 8.78 Å². The summed E-state index contributed by atoms with van der Waals surface area (Å²) in [6.45, 7) is 1.67. The van der Waals surface area contributed by atoms with E-state index in [0.717, 1.165) is 9.15 Å². The van der Waals surface area contributed by atoms with Gasteiger partial charge in [0.25, 0.3) is 12.3 Å². The normalized spacial score (nSPS) is 12.4. The van der Waals surface area contributed by atoms with E-state index in [2.05, 4.69) is 31.5 Å². The van der Waals surface area contributed by atoms with Crippen molar-refractivity contribution in [1.82, 2.24) is 15.1 Å². The molecule has 2 aromatic rings. The minimum Gasteiger partial charge on any atom is -0.496 e. The molecule has 1 N–H and O–H groups in total. The van der Waals surface area contributed by atoms with Gasteiger partial charge in [0, 0.05) is 17.7 Å². The number of ether oxygens (including phenoxy) is 1. The molecule has 0 saturated heterocycles. The van der Waals surface area contributed by atoms with Crippen LogP contribution in [-0.4, -0.2) is 41.7 Å². The maximum absolute atomic E-state index is 12.9. The number of benzene rings is 1. The zero-order valence-electron chi connectivity index (χ0n) is 15.2. The third-order valence-electron chi connectivity index (χ3n) is 3.54. The van der Waals surface area contributed by atoms with Crippen LogP contribution in [0.1, 0.15) is 35.0 Å². The van der Waals surface area contributed by atoms with Crippen molar-refractivity contribution in [2.45, 2.75) is 19.4 Å². The summed E-state index contributed by atoms with van der Waals surface area (Å²) in [6, 6.07) is 2.92. The Morgan fingerprint density at radius 1 is 1.50 bits per heavy atom. The molecule has 1 amide bonds. The molecule has 7 nitrogen and oxygen atoms in total. The van der Waals surface area contributed by atoms with Gasteiger partial charge in [0.05, 0.1) is 35.5 Å². The largest absolute Gasteiger partial charge is 0.496 e. The highest BCUT2D eigenvalue weighted by molar-refractivity contribution is 9.10. The summed E-state index contributed by atoms with van der Waals surface area (Å²) < 4.78 is 33.0. The van der Waals surface area contributed by atoms with Crippen LogP contribution in [0.25, 0.3) is 0 Å². The molecule has 11 heteroatoms. The van der Waals surface area contributed by atoms with Gasteiger partial charge in [-0.15, -0.1) is 0 Å². The molecular formula is C17H18BrClF2N4O3. The van der Waals surface area contributed by atoms with Crippen molar-refractivity contribution in [1.29, 1.82) is 0 Å². The Bertz CT molecular complexity index is 876. The van der Waals surface area contributed by atoms with Crippen LogP contribution in [0, 0.1) is 0 Å². The van der Waals surface area contributed by atoms with Crippen LogP contribution in [0.2, 0.25) is 5.02 Å². The second-order valence-corrected chi connectivity index (χ2v) is 7.13. The lowest BCUT2D eigenvalue weighted by Gasteiger charge is -2.12. The summed E-state index contributed by atoms with van der Waals surface area (Å²) in [5, 5.41) is 10.4. The Morgan fingerprint density at radius 3 is 2.86 bits per heavy atom. The molecule has 1 aromatic carbocycles. The van der Waals surface area contributed by atoms with Gasteiger partial charge in [-0.2, -0.15) is 5.10 Å². The highest BCUT2D eigenvalue weighted by Crippen LogP contribution is 2.29. The molecule has 1 atom stereocenters. The first-order chi connectivity index (χ1) is 13.2. The maximum Gasteiger partial charge on any atom is 0.282 e. The fourth-order valence-electron chi connectivity index (χ4n) is 2.29. The molecule has 1 unspecified atom stereocenters. The topological polar surface area (TPSA) is 77.7 Å². The molecule has 0 fully saturated rings. The zero-order chi connectivity index (χ0) is 20.8. The molecule has 0 bridgehead atoms. The Kier molecular flexibility index (Phi) is 7.76. The Morgan fingerprint density at radius 2 is 2.21 bits per heavy atom. The van der Waals surface area contributed by atoms with E-state index in [-0.39, 0.29) is 12.2 Å². The Hall–Kier alpha value is -2.20. The lowest BCUT2D eigenvalue weighted by atomic mass is 10.2. The predicted molar refractivity (Wildman–Crippen MR) is 104 cm³/mol. The zero-order valence-corrected chi connectivity index (χ0v) is 17.6. The molecule has 2 rings (SSSR count). The highest BCUT2D eigenvalue weighted by Gasteiger charge is 2.23. The average Bonchev–Trinajstić information content (AvgIpc) is 3.02. The number of carbonyl (C=O) groups excluding carboxylic acids is 1. The number of halogens is 4. The molecule has 0 saturated carbocycles. The number of oxime groups is 1. The van der Waals surface area contributed by atoms with Crippen LogP contribution in [0.15, 0.2) is 28.0 Å². The lowest BCUT2D eigenvalue weighted by molar-refractivity contribution is 0.0857. The van der Waals surface area contributed by atoms with Gasteiger partial charge in [-0.1, -0.05) is 32.7 Å². The Labute approximate surface area is 173 Å². The first-order valence-corrected chi connectivity index (χ1v) is 9.21. The smallest absolute Gasteiger partial charge is 0.282 e. The average molecular weight is 480 g/mol. The van der Waals surface area contributed by atoms with E-state index >= 15 is 0 Å². The summed E-state index contributed by atoms with van der Waals surface area (Å²) in [4.78, 5) is 17.3. The molecule has 1 aromatic heterocycles. The number of alkyl halides is 2. The van der Waals surface area contributed by atoms with Gasteiger partial charge < -0.3 is 14.9 Å². The number of nitrogens with one attached hydrogen (secondary N) is 1. The van der Waals surface area contributed by atoms with E-state index in [1.807, 2.05) is 0 Å². The maximum atomic E-state index is 12.9. The SMILES string of the molecule is COc1cc(Br)cc(Cl)c1/C=N/OCC(C)NC(=O)c1cn(C)nc1C(F)F. The van der Waals surface area contributed by atoms with Crippen LogP contribution < -0.4 is 10.1 Å². The minimum absolute atomic E-state index is 0.0168. The molecule has 28 heavy (non-hydrogen) atoms. The van der Waals surface area contributed by atoms with Crippen molar-refractivity contribution < 1.29 is 23.1 Å². The summed E-state index contributed by atoms with van der Waals surface area (Å²) in [5.74, 6) is -0.162. The third kappa shape index (κ3) is 5.65. The van der Waals surface area contributed by atoms with E-state index in [9.17, 15) is 13.6 Å². The van der Waals surface area contributed by atoms with Crippen molar-refractivity contribution in [2.75, 3.05) is 13.7 Å². The standard InChI is InChI=1S/C17H18BrClF2N4O3/c1-9(23-17(26)12-7-25(2)24-15(12)16(20)21)8-28-22-6-11-13(19)4-10(18)5-14(11)27-3/h4-7,9,16H,8H2,1-3H3,(H,23,26)/b22-6+. The number of rotatable bonds is 8. The van der Waals surface area contributed by atoms with Gasteiger partial charge in [0.15, 0.2) is 0 Å². The Balaban J connectivity index is 1.94. The van der Waals surface area contributed by atoms with Crippen molar-refractivity contribution in [3.05, 3.63) is 44.6 Å². The van der Waals surface area contributed by atoms with Crippen LogP contribution in [-0.2, 0) is 11.9 Å². The quantitative estimate of drug-likeness (QED) is 0.459. The molecule has 0 radical (unpaired) electrons. The molecule has 0 aliphatic heterocycles. The summed E-state index contributed by atoms with van der Waals surface area (Å²) in [7, 11) is 2.96. The summed E-state index contributed by atoms with van der Waals surface area (Å²) >= 11 is 9.46. The number of hydrogen-bond acceptors (Lipinski definition) is 5. The molecule has 1 heterocycles. The van der Waals surface area contributed by atoms with Gasteiger partial charge >= 0.3 is 0 Å². The number of amides is 1. The second-order valence-electron chi connectivity index (χ2n) is 5.81. The van der Waals surface area contributed by atoms with Gasteiger partial charge in [-0.3, -0.25) is 9.48 Å². The minimum atomic E-state index is -2.84. The number of nitrogens with zero attached hydrogens (tertiary/aromatic N) is 3. The molecular weight excluding hydrogens is 462 g/mol. The monoisotopic (exact) mass is 478 g/mol. The van der Waals surface area contributed by atoms with Gasteiger partial charge in [0.1, 0.15) is 18.1 Å². The van der Waals surface area contributed by atoms with E-state index < -0.39 is 24.1 Å². The summed E-state index contributed by atoms with van der Waals surface area (Å²) in [5.41, 5.74) is -0.219. The number of methoxy groups -OCH3 is 1. The molecule has 152 valence electrons. The number of aromatic nitrogens is 2. The fourth-order valence-corrected chi connectivity index (χ4v) is 3.11. The summed E-state index contributed by atoms with van der Waals surface area (Å²) in [6.07, 6.45) is -0.216. The number of aryl methyl sites for hydroxylation is 1. The highest BCUT2D eigenvalue weighted by atomic mass is 79.9. The number of hydrogen-bond donors (Lipinski definition) is 1. The van der Waals surface area contributed by atoms with Crippen molar-refractivity contribution >= 4 is 39.7 Å². The van der Waals surface area contributed by atoms with Gasteiger partial charge in [-0.05, 0) is 19.1 Å². The van der Waals surface area contributed by atoms with Crippen LogP contribution >= 0.6 is 27.5 Å². The van der Waals surface area contributed by atoms with Crippen LogP contribution in [0.5, 0.6) is 5.75 Å². The third-order valence-corrected chi connectivity index (χ3v) is 4.31. The first kappa shape index (κ1) is 22.1. The van der Waals surface area contributed by atoms with Gasteiger partial charge in [0.2, 0.25) is 0 Å². The lowest BCUT2D eigenvalue weighted by Crippen LogP contribution is -2.35. The first-order valence-electron chi connectivity index (χ1n) is 8.03. The number of carbonyl (C=O) groups is 1. The van der Waals surface area contributed by atoms with E-state index in [1.54, 1.807) is 19.1 Å². The van der Waals surface area contributed by atoms with E-state index in [1.165, 1.54) is 26.6 Å². The van der Waals surface area contributed by atoms with E-state index in [0.29, 0.717) is 16.3 Å². The molecule has 0 spiro atoms. The van der Waals surface area contributed by atoms with Gasteiger partial charge in [-0.25, -0.2) is 8.78 Å². The van der Waals surface area contributed by atoms with Crippen molar-refractivity contribution in [3.63, 3.8) is 0 Å². The molecule has 0 aliphatic rings. The van der Waals surface area contributed by atoms with E-state index in [4.69, 9.17) is 21.2 Å². The second kappa shape index (κ2) is 9.83. The molecule has 0 aliphatic carbocycles. The van der Waals surface area contributed by atoms with Crippen molar-refractivity contribution in [2.24, 2.45) is 12.2 Å². The fraction of sp³-hybridized carbons (Fsp3) is 0.353. The van der Waals surface area contributed by atoms with Crippen LogP contribution in [0.3, 0.4) is 0 Å². The predicted octanol–water partition coefficient (Wildman–Crippen LogP) is 3.95. The van der Waals surface area contributed by atoms with Crippen molar-refractivity contribution in [3.8, 4) is 5.75 Å².